The predicted octanol–water partition coefficient (Wildman–Crippen LogP) is 14.4. The summed E-state index contributed by atoms with van der Waals surface area (Å²) in [7, 11) is 0. The van der Waals surface area contributed by atoms with Gasteiger partial charge in [0.25, 0.3) is 0 Å². The minimum atomic E-state index is 1.26. The van der Waals surface area contributed by atoms with E-state index in [-0.39, 0.29) is 0 Å². The van der Waals surface area contributed by atoms with Gasteiger partial charge in [0.05, 0.1) is 0 Å². The molecule has 2 heterocycles. The lowest BCUT2D eigenvalue weighted by molar-refractivity contribution is 1.69. The van der Waals surface area contributed by atoms with Crippen molar-refractivity contribution in [3.05, 3.63) is 158 Å². The quantitative estimate of drug-likeness (QED) is 0.165. The van der Waals surface area contributed by atoms with Gasteiger partial charge in [-0.3, -0.25) is 0 Å². The van der Waals surface area contributed by atoms with E-state index in [2.05, 4.69) is 158 Å². The summed E-state index contributed by atoms with van der Waals surface area (Å²) in [5, 5.41) is 15.8. The van der Waals surface area contributed by atoms with Crippen LogP contribution in [-0.2, 0) is 0 Å². The molecule has 0 saturated carbocycles. The number of fused-ring (bicyclic) bond motifs is 12. The van der Waals surface area contributed by atoms with E-state index in [0.717, 1.165) is 0 Å². The van der Waals surface area contributed by atoms with Crippen LogP contribution < -0.4 is 0 Å². The zero-order chi connectivity index (χ0) is 31.3. The van der Waals surface area contributed by atoms with Crippen LogP contribution in [0.1, 0.15) is 0 Å². The Hall–Kier alpha value is -5.54. The summed E-state index contributed by atoms with van der Waals surface area (Å²) in [6.45, 7) is 0. The summed E-state index contributed by atoms with van der Waals surface area (Å²) in [6, 6.07) is 58.8. The topological polar surface area (TPSA) is 0 Å². The van der Waals surface area contributed by atoms with Gasteiger partial charge in [0.2, 0.25) is 0 Å². The highest BCUT2D eigenvalue weighted by Gasteiger charge is 2.19. The van der Waals surface area contributed by atoms with Gasteiger partial charge in [0.15, 0.2) is 0 Å². The second-order valence-corrected chi connectivity index (χ2v) is 14.9. The second-order valence-electron chi connectivity index (χ2n) is 12.8. The molecule has 222 valence electrons. The molecule has 0 bridgehead atoms. The van der Waals surface area contributed by atoms with Crippen molar-refractivity contribution < 1.29 is 0 Å². The lowest BCUT2D eigenvalue weighted by Crippen LogP contribution is -1.91. The summed E-state index contributed by atoms with van der Waals surface area (Å²) in [4.78, 5) is 0. The first-order valence-corrected chi connectivity index (χ1v) is 18.1. The molecular weight excluding hydrogens is 617 g/mol. The minimum Gasteiger partial charge on any atom is -0.135 e. The van der Waals surface area contributed by atoms with Crippen LogP contribution in [0, 0.1) is 0 Å². The molecule has 2 heteroatoms. The molecule has 0 aliphatic heterocycles. The molecule has 0 amide bonds. The Morgan fingerprint density at radius 3 is 1.67 bits per heavy atom. The molecule has 2 aromatic heterocycles. The van der Waals surface area contributed by atoms with E-state index in [1.807, 2.05) is 22.7 Å². The Labute approximate surface area is 284 Å². The summed E-state index contributed by atoms with van der Waals surface area (Å²) in [5.74, 6) is 0. The van der Waals surface area contributed by atoms with Gasteiger partial charge in [-0.15, -0.1) is 22.7 Å². The van der Waals surface area contributed by atoms with Crippen molar-refractivity contribution in [2.75, 3.05) is 0 Å². The fraction of sp³-hybridized carbons (Fsp3) is 0. The van der Waals surface area contributed by atoms with E-state index >= 15 is 0 Å². The van der Waals surface area contributed by atoms with Gasteiger partial charge in [0.1, 0.15) is 0 Å². The van der Waals surface area contributed by atoms with Gasteiger partial charge < -0.3 is 0 Å². The molecular formula is C46H26S2. The van der Waals surface area contributed by atoms with Crippen molar-refractivity contribution in [3.8, 4) is 22.3 Å². The van der Waals surface area contributed by atoms with Gasteiger partial charge >= 0.3 is 0 Å². The Balaban J connectivity index is 1.20. The summed E-state index contributed by atoms with van der Waals surface area (Å²) in [5.41, 5.74) is 5.16. The first-order chi connectivity index (χ1) is 23.8. The number of hydrogen-bond acceptors (Lipinski definition) is 2. The monoisotopic (exact) mass is 642 g/mol. The maximum Gasteiger partial charge on any atom is 0.0434 e. The number of thiophene rings is 2. The minimum absolute atomic E-state index is 1.26. The molecule has 0 nitrogen and oxygen atoms in total. The predicted molar refractivity (Wildman–Crippen MR) is 213 cm³/mol. The van der Waals surface area contributed by atoms with Gasteiger partial charge in [0, 0.05) is 45.7 Å². The molecule has 0 fully saturated rings. The summed E-state index contributed by atoms with van der Waals surface area (Å²) < 4.78 is 5.42. The van der Waals surface area contributed by atoms with Crippen molar-refractivity contribution >= 4 is 106 Å². The Morgan fingerprint density at radius 1 is 0.312 bits per heavy atom. The van der Waals surface area contributed by atoms with Crippen molar-refractivity contribution in [1.29, 1.82) is 0 Å². The summed E-state index contributed by atoms with van der Waals surface area (Å²) in [6.07, 6.45) is 0. The fourth-order valence-corrected chi connectivity index (χ4v) is 10.5. The van der Waals surface area contributed by atoms with Gasteiger partial charge in [-0.25, -0.2) is 0 Å². The van der Waals surface area contributed by atoms with Crippen molar-refractivity contribution in [3.63, 3.8) is 0 Å². The third kappa shape index (κ3) is 3.65. The molecule has 9 aromatic carbocycles. The highest BCUT2D eigenvalue weighted by Crippen LogP contribution is 2.48. The highest BCUT2D eigenvalue weighted by molar-refractivity contribution is 7.27. The number of benzene rings is 9. The van der Waals surface area contributed by atoms with Crippen LogP contribution >= 0.6 is 22.7 Å². The van der Waals surface area contributed by atoms with Crippen molar-refractivity contribution in [2.24, 2.45) is 0 Å². The average molecular weight is 643 g/mol. The van der Waals surface area contributed by atoms with Gasteiger partial charge in [-0.1, -0.05) is 133 Å². The van der Waals surface area contributed by atoms with E-state index in [1.54, 1.807) is 0 Å². The largest absolute Gasteiger partial charge is 0.135 e. The molecule has 11 aromatic rings. The maximum atomic E-state index is 2.45. The third-order valence-electron chi connectivity index (χ3n) is 10.3. The number of hydrogen-bond donors (Lipinski definition) is 0. The zero-order valence-corrected chi connectivity index (χ0v) is 27.5. The lowest BCUT2D eigenvalue weighted by atomic mass is 9.84. The van der Waals surface area contributed by atoms with Crippen LogP contribution in [0.3, 0.4) is 0 Å². The number of rotatable bonds is 2. The Morgan fingerprint density at radius 2 is 0.875 bits per heavy atom. The first-order valence-electron chi connectivity index (χ1n) is 16.4. The van der Waals surface area contributed by atoms with E-state index < -0.39 is 0 Å². The summed E-state index contributed by atoms with van der Waals surface area (Å²) >= 11 is 3.81. The van der Waals surface area contributed by atoms with E-state index in [9.17, 15) is 0 Å². The molecule has 0 unspecified atom stereocenters. The maximum absolute atomic E-state index is 2.45. The normalized spacial score (nSPS) is 12.2. The lowest BCUT2D eigenvalue weighted by Gasteiger charge is -2.19. The van der Waals surface area contributed by atoms with Crippen LogP contribution in [0.2, 0.25) is 0 Å². The molecule has 0 aliphatic rings. The van der Waals surface area contributed by atoms with Crippen LogP contribution in [0.5, 0.6) is 0 Å². The molecule has 0 spiro atoms. The average Bonchev–Trinajstić information content (AvgIpc) is 3.72. The Kier molecular flexibility index (Phi) is 5.51. The fourth-order valence-electron chi connectivity index (χ4n) is 8.19. The molecule has 0 aliphatic carbocycles. The molecule has 11 rings (SSSR count). The van der Waals surface area contributed by atoms with Crippen LogP contribution in [0.15, 0.2) is 158 Å². The molecule has 0 radical (unpaired) electrons. The smallest absolute Gasteiger partial charge is 0.0434 e. The molecule has 48 heavy (non-hydrogen) atoms. The highest BCUT2D eigenvalue weighted by atomic mass is 32.1. The van der Waals surface area contributed by atoms with Gasteiger partial charge in [-0.05, 0) is 84.2 Å². The van der Waals surface area contributed by atoms with Crippen LogP contribution in [0.25, 0.3) is 106 Å². The zero-order valence-electron chi connectivity index (χ0n) is 25.8. The molecule has 0 N–H and O–H groups in total. The van der Waals surface area contributed by atoms with Crippen LogP contribution in [0.4, 0.5) is 0 Å². The molecule has 0 atom stereocenters. The third-order valence-corrected chi connectivity index (χ3v) is 12.6. The van der Waals surface area contributed by atoms with Crippen molar-refractivity contribution in [1.82, 2.24) is 0 Å². The first kappa shape index (κ1) is 26.5. The van der Waals surface area contributed by atoms with Crippen molar-refractivity contribution in [2.45, 2.75) is 0 Å². The van der Waals surface area contributed by atoms with Crippen LogP contribution in [-0.4, -0.2) is 0 Å². The van der Waals surface area contributed by atoms with E-state index in [4.69, 9.17) is 0 Å². The molecule has 0 saturated heterocycles. The van der Waals surface area contributed by atoms with Gasteiger partial charge in [-0.2, -0.15) is 0 Å². The standard InChI is InChI=1S/C46H26S2/c1-2-12-29-27(10-1)11-9-18-30(29)44-33-15-5-3-13-31(33)43(32-14-4-6-16-34(32)44)28-20-24-41-39(26-28)37-22-21-35-36(46(37)48-41)23-25-42-45(35)38-17-7-8-19-40(38)47-42/h1-26H. The van der Waals surface area contributed by atoms with E-state index in [1.165, 1.54) is 106 Å². The SMILES string of the molecule is c1ccc2c(-c3c4ccccc4c(-c4ccc5sc6c(ccc7c6ccc6sc8ccccc8c67)c5c4)c4ccccc34)cccc2c1. The second kappa shape index (κ2) is 9.98. The van der Waals surface area contributed by atoms with E-state index in [0.29, 0.717) is 0 Å². The Bertz CT molecular complexity index is 3060.